The molecule has 0 saturated carbocycles. The molecule has 0 aromatic heterocycles. The Kier molecular flexibility index (Phi) is 2.90. The maximum Gasteiger partial charge on any atom is 0.145 e. The van der Waals surface area contributed by atoms with Gasteiger partial charge in [-0.3, -0.25) is 0 Å². The minimum atomic E-state index is 0.00569. The van der Waals surface area contributed by atoms with Crippen LogP contribution in [0.5, 0.6) is 0 Å². The summed E-state index contributed by atoms with van der Waals surface area (Å²) in [7, 11) is 3.96. The lowest BCUT2D eigenvalue weighted by atomic mass is 10.1. The van der Waals surface area contributed by atoms with Crippen molar-refractivity contribution in [3.63, 3.8) is 0 Å². The van der Waals surface area contributed by atoms with Crippen LogP contribution in [0.2, 0.25) is 0 Å². The van der Waals surface area contributed by atoms with Gasteiger partial charge in [-0.05, 0) is 5.92 Å². The molecule has 0 saturated heterocycles. The van der Waals surface area contributed by atoms with Gasteiger partial charge in [0.05, 0.1) is 6.42 Å². The summed E-state index contributed by atoms with van der Waals surface area (Å²) < 4.78 is 0. The highest BCUT2D eigenvalue weighted by Gasteiger charge is 2.18. The number of amidine groups is 2. The van der Waals surface area contributed by atoms with E-state index < -0.39 is 0 Å². The Balaban J connectivity index is 2.80. The number of nitrogens with two attached hydrogens (primary N) is 1. The lowest BCUT2D eigenvalue weighted by Crippen LogP contribution is -2.34. The first-order valence-electron chi connectivity index (χ1n) is 4.57. The Morgan fingerprint density at radius 1 is 1.38 bits per heavy atom. The minimum Gasteiger partial charge on any atom is -0.387 e. The maximum absolute atomic E-state index is 5.73. The van der Waals surface area contributed by atoms with Gasteiger partial charge < -0.3 is 10.6 Å². The molecule has 1 rings (SSSR count). The smallest absolute Gasteiger partial charge is 0.145 e. The van der Waals surface area contributed by atoms with Crippen molar-refractivity contribution < 1.29 is 0 Å². The van der Waals surface area contributed by atoms with E-state index in [1.165, 1.54) is 0 Å². The summed E-state index contributed by atoms with van der Waals surface area (Å²) >= 11 is 0. The van der Waals surface area contributed by atoms with Gasteiger partial charge in [-0.1, -0.05) is 13.8 Å². The summed E-state index contributed by atoms with van der Waals surface area (Å²) in [4.78, 5) is 10.8. The average Bonchev–Trinajstić information content (AvgIpc) is 2.03. The fourth-order valence-electron chi connectivity index (χ4n) is 1.18. The third-order valence-electron chi connectivity index (χ3n) is 2.03. The average molecular weight is 182 g/mol. The van der Waals surface area contributed by atoms with Crippen LogP contribution in [0.25, 0.3) is 0 Å². The predicted octanol–water partition coefficient (Wildman–Crippen LogP) is 0.690. The molecule has 0 amide bonds. The standard InChI is InChI=1S/C9H18N4/c1-6(2)9-11-7(10)5-8(12-9)13(3)4/h6,9H,5H2,1-4H3,(H2,10,11). The second-order valence-corrected chi connectivity index (χ2v) is 3.89. The Hall–Kier alpha value is -1.06. The zero-order chi connectivity index (χ0) is 10.0. The van der Waals surface area contributed by atoms with Crippen molar-refractivity contribution in [2.45, 2.75) is 26.4 Å². The van der Waals surface area contributed by atoms with Crippen LogP contribution in [0, 0.1) is 5.92 Å². The zero-order valence-electron chi connectivity index (χ0n) is 8.78. The van der Waals surface area contributed by atoms with Crippen molar-refractivity contribution in [1.29, 1.82) is 0 Å². The summed E-state index contributed by atoms with van der Waals surface area (Å²) in [6.07, 6.45) is 0.682. The van der Waals surface area contributed by atoms with Crippen LogP contribution in [0.15, 0.2) is 9.98 Å². The predicted molar refractivity (Wildman–Crippen MR) is 56.0 cm³/mol. The van der Waals surface area contributed by atoms with Crippen LogP contribution in [-0.2, 0) is 0 Å². The second-order valence-electron chi connectivity index (χ2n) is 3.89. The fraction of sp³-hybridized carbons (Fsp3) is 0.778. The first-order chi connectivity index (χ1) is 6.00. The highest BCUT2D eigenvalue weighted by atomic mass is 15.2. The highest BCUT2D eigenvalue weighted by Crippen LogP contribution is 2.13. The summed E-state index contributed by atoms with van der Waals surface area (Å²) in [5.41, 5.74) is 5.73. The fourth-order valence-corrected chi connectivity index (χ4v) is 1.18. The SMILES string of the molecule is CC(C)C1N=C(N)CC(N(C)C)=N1. The summed E-state index contributed by atoms with van der Waals surface area (Å²) in [6, 6.07) is 0. The zero-order valence-corrected chi connectivity index (χ0v) is 8.78. The van der Waals surface area contributed by atoms with E-state index in [1.807, 2.05) is 19.0 Å². The minimum absolute atomic E-state index is 0.00569. The van der Waals surface area contributed by atoms with E-state index in [-0.39, 0.29) is 6.17 Å². The topological polar surface area (TPSA) is 54.0 Å². The monoisotopic (exact) mass is 182 g/mol. The van der Waals surface area contributed by atoms with Gasteiger partial charge in [0.25, 0.3) is 0 Å². The van der Waals surface area contributed by atoms with Crippen molar-refractivity contribution in [2.24, 2.45) is 21.6 Å². The van der Waals surface area contributed by atoms with Crippen molar-refractivity contribution in [1.82, 2.24) is 4.90 Å². The Labute approximate surface area is 79.5 Å². The van der Waals surface area contributed by atoms with Gasteiger partial charge in [-0.2, -0.15) is 0 Å². The largest absolute Gasteiger partial charge is 0.387 e. The van der Waals surface area contributed by atoms with E-state index in [0.29, 0.717) is 18.2 Å². The van der Waals surface area contributed by atoms with E-state index in [2.05, 4.69) is 23.8 Å². The molecule has 0 aliphatic carbocycles. The normalized spacial score (nSPS) is 22.7. The lowest BCUT2D eigenvalue weighted by molar-refractivity contribution is 0.491. The molecule has 0 spiro atoms. The third-order valence-corrected chi connectivity index (χ3v) is 2.03. The van der Waals surface area contributed by atoms with Crippen LogP contribution < -0.4 is 5.73 Å². The van der Waals surface area contributed by atoms with E-state index in [4.69, 9.17) is 5.73 Å². The molecule has 1 aliphatic heterocycles. The molecule has 0 bridgehead atoms. The Bertz CT molecular complexity index is 240. The highest BCUT2D eigenvalue weighted by molar-refractivity contribution is 6.02. The summed E-state index contributed by atoms with van der Waals surface area (Å²) in [5.74, 6) is 2.12. The number of nitrogens with zero attached hydrogens (tertiary/aromatic N) is 3. The second kappa shape index (κ2) is 3.77. The molecule has 1 heterocycles. The number of hydrogen-bond acceptors (Lipinski definition) is 4. The van der Waals surface area contributed by atoms with Gasteiger partial charge in [0.15, 0.2) is 0 Å². The van der Waals surface area contributed by atoms with E-state index in [1.54, 1.807) is 0 Å². The van der Waals surface area contributed by atoms with Crippen molar-refractivity contribution >= 4 is 11.7 Å². The van der Waals surface area contributed by atoms with Crippen LogP contribution in [-0.4, -0.2) is 36.8 Å². The Morgan fingerprint density at radius 2 is 2.00 bits per heavy atom. The van der Waals surface area contributed by atoms with Crippen LogP contribution >= 0.6 is 0 Å². The lowest BCUT2D eigenvalue weighted by Gasteiger charge is -2.24. The molecule has 0 aromatic rings. The van der Waals surface area contributed by atoms with E-state index in [9.17, 15) is 0 Å². The Morgan fingerprint density at radius 3 is 2.46 bits per heavy atom. The van der Waals surface area contributed by atoms with Gasteiger partial charge in [0, 0.05) is 14.1 Å². The molecule has 0 aromatic carbocycles. The maximum atomic E-state index is 5.73. The third kappa shape index (κ3) is 2.44. The molecule has 2 N–H and O–H groups in total. The number of aliphatic imine (C=N–C) groups is 2. The van der Waals surface area contributed by atoms with E-state index >= 15 is 0 Å². The summed E-state index contributed by atoms with van der Waals surface area (Å²) in [5, 5.41) is 0. The molecular formula is C9H18N4. The molecule has 74 valence electrons. The van der Waals surface area contributed by atoms with Gasteiger partial charge in [-0.25, -0.2) is 9.98 Å². The quantitative estimate of drug-likeness (QED) is 0.648. The van der Waals surface area contributed by atoms with Gasteiger partial charge >= 0.3 is 0 Å². The first-order valence-corrected chi connectivity index (χ1v) is 4.57. The van der Waals surface area contributed by atoms with E-state index in [0.717, 1.165) is 5.84 Å². The van der Waals surface area contributed by atoms with Gasteiger partial charge in [0.1, 0.15) is 17.8 Å². The first kappa shape index (κ1) is 10.0. The molecule has 1 atom stereocenters. The molecule has 13 heavy (non-hydrogen) atoms. The van der Waals surface area contributed by atoms with Crippen molar-refractivity contribution in [3.8, 4) is 0 Å². The van der Waals surface area contributed by atoms with Crippen LogP contribution in [0.3, 0.4) is 0 Å². The van der Waals surface area contributed by atoms with Crippen molar-refractivity contribution in [3.05, 3.63) is 0 Å². The number of hydrogen-bond donors (Lipinski definition) is 1. The molecule has 0 radical (unpaired) electrons. The molecular weight excluding hydrogens is 164 g/mol. The van der Waals surface area contributed by atoms with Gasteiger partial charge in [-0.15, -0.1) is 0 Å². The molecule has 1 aliphatic rings. The molecule has 1 unspecified atom stereocenters. The van der Waals surface area contributed by atoms with Crippen LogP contribution in [0.1, 0.15) is 20.3 Å². The molecule has 0 fully saturated rings. The summed E-state index contributed by atoms with van der Waals surface area (Å²) in [6.45, 7) is 4.20. The van der Waals surface area contributed by atoms with Gasteiger partial charge in [0.2, 0.25) is 0 Å². The molecule has 4 heteroatoms. The van der Waals surface area contributed by atoms with Crippen LogP contribution in [0.4, 0.5) is 0 Å². The van der Waals surface area contributed by atoms with Crippen molar-refractivity contribution in [2.75, 3.05) is 14.1 Å². The molecule has 4 nitrogen and oxygen atoms in total. The number of rotatable bonds is 1.